The third kappa shape index (κ3) is 2.60. The number of carboxylic acid groups (broad SMARTS) is 1. The van der Waals surface area contributed by atoms with Gasteiger partial charge in [-0.1, -0.05) is 36.1 Å². The molecule has 0 saturated carbocycles. The van der Waals surface area contributed by atoms with Gasteiger partial charge in [-0.05, 0) is 30.2 Å². The number of nitrogens with one attached hydrogen (secondary N) is 1. The van der Waals surface area contributed by atoms with Crippen LogP contribution in [0.25, 0.3) is 6.08 Å². The molecule has 0 bridgehead atoms. The predicted octanol–water partition coefficient (Wildman–Crippen LogP) is 2.18. The topological polar surface area (TPSA) is 66.4 Å². The van der Waals surface area contributed by atoms with Crippen molar-refractivity contribution in [2.45, 2.75) is 6.92 Å². The minimum atomic E-state index is -0.958. The van der Waals surface area contributed by atoms with Crippen molar-refractivity contribution in [3.05, 3.63) is 39.8 Å². The number of thioether (sulfide) groups is 1. The third-order valence-corrected chi connectivity index (χ3v) is 3.58. The molecular formula is C12H9NO3S2. The number of hydrogen-bond acceptors (Lipinski definition) is 4. The van der Waals surface area contributed by atoms with Crippen LogP contribution >= 0.6 is 24.0 Å². The van der Waals surface area contributed by atoms with Crippen molar-refractivity contribution in [1.82, 2.24) is 5.32 Å². The number of aryl methyl sites for hydroxylation is 1. The highest BCUT2D eigenvalue weighted by Gasteiger charge is 2.21. The first-order chi connectivity index (χ1) is 8.47. The van der Waals surface area contributed by atoms with Gasteiger partial charge in [-0.2, -0.15) is 0 Å². The van der Waals surface area contributed by atoms with Gasteiger partial charge in [0.05, 0.1) is 10.5 Å². The summed E-state index contributed by atoms with van der Waals surface area (Å²) in [5, 5.41) is 11.4. The van der Waals surface area contributed by atoms with Gasteiger partial charge in [-0.3, -0.25) is 4.79 Å². The zero-order chi connectivity index (χ0) is 13.3. The van der Waals surface area contributed by atoms with Gasteiger partial charge < -0.3 is 10.4 Å². The van der Waals surface area contributed by atoms with Crippen molar-refractivity contribution in [2.24, 2.45) is 0 Å². The maximum Gasteiger partial charge on any atom is 0.335 e. The number of amides is 1. The van der Waals surface area contributed by atoms with E-state index in [-0.39, 0.29) is 11.5 Å². The summed E-state index contributed by atoms with van der Waals surface area (Å²) in [6, 6.07) is 4.92. The summed E-state index contributed by atoms with van der Waals surface area (Å²) in [7, 11) is 0. The fraction of sp³-hybridized carbons (Fsp3) is 0.0833. The van der Waals surface area contributed by atoms with Crippen molar-refractivity contribution in [3.8, 4) is 0 Å². The van der Waals surface area contributed by atoms with Crippen molar-refractivity contribution in [1.29, 1.82) is 0 Å². The van der Waals surface area contributed by atoms with Crippen LogP contribution in [-0.4, -0.2) is 21.3 Å². The van der Waals surface area contributed by atoms with Crippen molar-refractivity contribution < 1.29 is 14.7 Å². The van der Waals surface area contributed by atoms with E-state index in [1.807, 2.05) is 0 Å². The lowest BCUT2D eigenvalue weighted by Crippen LogP contribution is -2.17. The Bertz CT molecular complexity index is 593. The van der Waals surface area contributed by atoms with Gasteiger partial charge in [0.2, 0.25) is 0 Å². The number of rotatable bonds is 2. The monoisotopic (exact) mass is 279 g/mol. The van der Waals surface area contributed by atoms with E-state index in [0.29, 0.717) is 14.8 Å². The van der Waals surface area contributed by atoms with E-state index in [0.717, 1.165) is 5.56 Å². The van der Waals surface area contributed by atoms with Crippen LogP contribution in [0.4, 0.5) is 0 Å². The fourth-order valence-corrected chi connectivity index (χ4v) is 2.63. The van der Waals surface area contributed by atoms with E-state index < -0.39 is 5.97 Å². The molecule has 2 rings (SSSR count). The molecule has 1 fully saturated rings. The molecular weight excluding hydrogens is 270 g/mol. The Kier molecular flexibility index (Phi) is 3.49. The van der Waals surface area contributed by atoms with Crippen LogP contribution in [0.5, 0.6) is 0 Å². The second-order valence-electron chi connectivity index (χ2n) is 3.73. The standard InChI is InChI=1S/C12H9NO3S2/c1-6-4-7(2-3-8(6)11(15)16)5-9-10(14)13-12(17)18-9/h2-5H,1H3,(H,15,16)(H,13,14,17). The second kappa shape index (κ2) is 4.91. The summed E-state index contributed by atoms with van der Waals surface area (Å²) in [4.78, 5) is 22.9. The lowest BCUT2D eigenvalue weighted by molar-refractivity contribution is -0.115. The first-order valence-corrected chi connectivity index (χ1v) is 6.28. The Hall–Kier alpha value is -1.66. The van der Waals surface area contributed by atoms with Gasteiger partial charge in [-0.15, -0.1) is 0 Å². The molecule has 1 aliphatic rings. The SMILES string of the molecule is Cc1cc(C=C2SC(=S)NC2=O)ccc1C(=O)O. The summed E-state index contributed by atoms with van der Waals surface area (Å²) < 4.78 is 0.435. The molecule has 1 heterocycles. The number of thiocarbonyl (C=S) groups is 1. The molecule has 0 radical (unpaired) electrons. The minimum absolute atomic E-state index is 0.218. The number of carbonyl (C=O) groups is 2. The highest BCUT2D eigenvalue weighted by atomic mass is 32.2. The molecule has 1 aliphatic heterocycles. The predicted molar refractivity (Wildman–Crippen MR) is 74.4 cm³/mol. The van der Waals surface area contributed by atoms with Crippen LogP contribution in [-0.2, 0) is 4.79 Å². The number of carbonyl (C=O) groups excluding carboxylic acids is 1. The summed E-state index contributed by atoms with van der Waals surface area (Å²) in [5.41, 5.74) is 1.69. The lowest BCUT2D eigenvalue weighted by atomic mass is 10.0. The van der Waals surface area contributed by atoms with E-state index in [1.165, 1.54) is 17.8 Å². The Morgan fingerprint density at radius 2 is 2.22 bits per heavy atom. The van der Waals surface area contributed by atoms with Crippen LogP contribution in [0, 0.1) is 6.92 Å². The van der Waals surface area contributed by atoms with E-state index in [9.17, 15) is 9.59 Å². The van der Waals surface area contributed by atoms with Gasteiger partial charge in [0.25, 0.3) is 5.91 Å². The maximum absolute atomic E-state index is 11.5. The molecule has 1 aromatic rings. The third-order valence-electron chi connectivity index (χ3n) is 2.42. The molecule has 1 aromatic carbocycles. The quantitative estimate of drug-likeness (QED) is 0.641. The summed E-state index contributed by atoms with van der Waals surface area (Å²) >= 11 is 6.08. The number of hydrogen-bond donors (Lipinski definition) is 2. The molecule has 0 aromatic heterocycles. The second-order valence-corrected chi connectivity index (χ2v) is 5.45. The number of carboxylic acids is 1. The van der Waals surface area contributed by atoms with Gasteiger partial charge >= 0.3 is 5.97 Å². The average Bonchev–Trinajstić information content (AvgIpc) is 2.57. The van der Waals surface area contributed by atoms with Crippen molar-refractivity contribution in [2.75, 3.05) is 0 Å². The van der Waals surface area contributed by atoms with Crippen LogP contribution in [0.15, 0.2) is 23.1 Å². The Morgan fingerprint density at radius 3 is 2.72 bits per heavy atom. The maximum atomic E-state index is 11.5. The lowest BCUT2D eigenvalue weighted by Gasteiger charge is -2.02. The highest BCUT2D eigenvalue weighted by molar-refractivity contribution is 8.26. The summed E-state index contributed by atoms with van der Waals surface area (Å²) in [6.07, 6.45) is 1.69. The van der Waals surface area contributed by atoms with Crippen molar-refractivity contribution >= 4 is 46.3 Å². The molecule has 2 N–H and O–H groups in total. The zero-order valence-corrected chi connectivity index (χ0v) is 11.0. The molecule has 0 spiro atoms. The average molecular weight is 279 g/mol. The molecule has 0 unspecified atom stereocenters. The largest absolute Gasteiger partial charge is 0.478 e. The van der Waals surface area contributed by atoms with Gasteiger partial charge in [0.15, 0.2) is 0 Å². The molecule has 0 aliphatic carbocycles. The molecule has 6 heteroatoms. The molecule has 0 atom stereocenters. The van der Waals surface area contributed by atoms with E-state index in [1.54, 1.807) is 25.1 Å². The van der Waals surface area contributed by atoms with Gasteiger partial charge in [0.1, 0.15) is 4.32 Å². The van der Waals surface area contributed by atoms with Crippen molar-refractivity contribution in [3.63, 3.8) is 0 Å². The highest BCUT2D eigenvalue weighted by Crippen LogP contribution is 2.26. The van der Waals surface area contributed by atoms with Gasteiger partial charge in [-0.25, -0.2) is 4.79 Å². The molecule has 4 nitrogen and oxygen atoms in total. The van der Waals surface area contributed by atoms with Crippen LogP contribution in [0.3, 0.4) is 0 Å². The first kappa shape index (κ1) is 12.8. The molecule has 18 heavy (non-hydrogen) atoms. The normalized spacial score (nSPS) is 17.1. The van der Waals surface area contributed by atoms with E-state index in [2.05, 4.69) is 5.32 Å². The fourth-order valence-electron chi connectivity index (χ4n) is 1.59. The molecule has 92 valence electrons. The first-order valence-electron chi connectivity index (χ1n) is 5.06. The smallest absolute Gasteiger partial charge is 0.335 e. The summed E-state index contributed by atoms with van der Waals surface area (Å²) in [6.45, 7) is 1.72. The van der Waals surface area contributed by atoms with Crippen LogP contribution < -0.4 is 5.32 Å². The van der Waals surface area contributed by atoms with Gasteiger partial charge in [0, 0.05) is 0 Å². The molecule has 1 saturated heterocycles. The Labute approximate surface area is 113 Å². The molecule has 1 amide bonds. The van der Waals surface area contributed by atoms with Crippen LogP contribution in [0.1, 0.15) is 21.5 Å². The van der Waals surface area contributed by atoms with E-state index in [4.69, 9.17) is 17.3 Å². The number of aromatic carboxylic acids is 1. The Morgan fingerprint density at radius 1 is 1.50 bits per heavy atom. The minimum Gasteiger partial charge on any atom is -0.478 e. The summed E-state index contributed by atoms with van der Waals surface area (Å²) in [5.74, 6) is -1.18. The Balaban J connectivity index is 2.33. The van der Waals surface area contributed by atoms with E-state index >= 15 is 0 Å². The van der Waals surface area contributed by atoms with Crippen LogP contribution in [0.2, 0.25) is 0 Å². The zero-order valence-electron chi connectivity index (χ0n) is 9.39. The number of benzene rings is 1.